The number of sulfonamides is 1. The van der Waals surface area contributed by atoms with Crippen LogP contribution in [0.5, 0.6) is 0 Å². The van der Waals surface area contributed by atoms with E-state index in [1.807, 2.05) is 0 Å². The molecule has 1 N–H and O–H groups in total. The molecule has 0 aliphatic carbocycles. The molecule has 124 valence electrons. The third-order valence-corrected chi connectivity index (χ3v) is 6.01. The van der Waals surface area contributed by atoms with Crippen molar-refractivity contribution < 1.29 is 12.8 Å². The Bertz CT molecular complexity index is 1040. The number of aryl methyl sites for hydroxylation is 1. The van der Waals surface area contributed by atoms with Gasteiger partial charge in [0.15, 0.2) is 0 Å². The van der Waals surface area contributed by atoms with Crippen molar-refractivity contribution in [3.63, 3.8) is 0 Å². The van der Waals surface area contributed by atoms with Gasteiger partial charge in [-0.2, -0.15) is 5.10 Å². The first-order valence-corrected chi connectivity index (χ1v) is 9.13. The lowest BCUT2D eigenvalue weighted by molar-refractivity contribution is 0.603. The molecular weight excluding hydrogens is 353 g/mol. The fraction of sp³-hybridized carbons (Fsp3) is 0.0667. The average molecular weight is 365 g/mol. The quantitative estimate of drug-likeness (QED) is 0.770. The van der Waals surface area contributed by atoms with E-state index >= 15 is 0 Å². The van der Waals surface area contributed by atoms with Gasteiger partial charge in [-0.3, -0.25) is 9.52 Å². The first kappa shape index (κ1) is 16.3. The summed E-state index contributed by atoms with van der Waals surface area (Å²) < 4.78 is 41.3. The molecule has 0 radical (unpaired) electrons. The van der Waals surface area contributed by atoms with Gasteiger partial charge < -0.3 is 0 Å². The molecule has 6 nitrogen and oxygen atoms in total. The van der Waals surface area contributed by atoms with Crippen LogP contribution in [0.4, 0.5) is 10.1 Å². The molecule has 0 bridgehead atoms. The van der Waals surface area contributed by atoms with E-state index in [4.69, 9.17) is 0 Å². The predicted octanol–water partition coefficient (Wildman–Crippen LogP) is 2.45. The summed E-state index contributed by atoms with van der Waals surface area (Å²) in [4.78, 5) is 11.4. The SMILES string of the molecule is Cn1nc(-c2csc(S(=O)(=O)Nc3ccc(F)cc3)c2)ccc1=O. The normalized spacial score (nSPS) is 11.4. The molecule has 2 heterocycles. The highest BCUT2D eigenvalue weighted by Gasteiger charge is 2.18. The van der Waals surface area contributed by atoms with Gasteiger partial charge in [0.1, 0.15) is 10.0 Å². The molecule has 0 spiro atoms. The van der Waals surface area contributed by atoms with E-state index < -0.39 is 15.8 Å². The van der Waals surface area contributed by atoms with Gasteiger partial charge in [0, 0.05) is 29.7 Å². The number of thiophene rings is 1. The number of nitrogens with one attached hydrogen (secondary N) is 1. The van der Waals surface area contributed by atoms with Crippen molar-refractivity contribution in [3.05, 3.63) is 64.0 Å². The minimum Gasteiger partial charge on any atom is -0.279 e. The number of aromatic nitrogens is 2. The van der Waals surface area contributed by atoms with Crippen LogP contribution in [0, 0.1) is 5.82 Å². The lowest BCUT2D eigenvalue weighted by atomic mass is 10.2. The zero-order valence-corrected chi connectivity index (χ0v) is 14.1. The lowest BCUT2D eigenvalue weighted by Gasteiger charge is -2.05. The van der Waals surface area contributed by atoms with E-state index in [1.165, 1.54) is 54.2 Å². The van der Waals surface area contributed by atoms with Crippen molar-refractivity contribution in [3.8, 4) is 11.3 Å². The Labute approximate surface area is 141 Å². The van der Waals surface area contributed by atoms with E-state index in [0.717, 1.165) is 11.3 Å². The second-order valence-corrected chi connectivity index (χ2v) is 7.77. The number of nitrogens with zero attached hydrogens (tertiary/aromatic N) is 2. The molecule has 0 unspecified atom stereocenters. The summed E-state index contributed by atoms with van der Waals surface area (Å²) in [7, 11) is -2.26. The number of anilines is 1. The van der Waals surface area contributed by atoms with Crippen molar-refractivity contribution in [1.29, 1.82) is 0 Å². The molecule has 24 heavy (non-hydrogen) atoms. The number of hydrogen-bond donors (Lipinski definition) is 1. The van der Waals surface area contributed by atoms with Crippen molar-refractivity contribution >= 4 is 27.0 Å². The summed E-state index contributed by atoms with van der Waals surface area (Å²) >= 11 is 1.03. The average Bonchev–Trinajstić information content (AvgIpc) is 3.03. The number of halogens is 1. The summed E-state index contributed by atoms with van der Waals surface area (Å²) in [5.41, 5.74) is 1.11. The standard InChI is InChI=1S/C15H12FN3O3S2/c1-19-14(20)7-6-13(17-19)10-8-15(23-9-10)24(21,22)18-12-4-2-11(16)3-5-12/h2-9,18H,1H3. The van der Waals surface area contributed by atoms with Crippen LogP contribution in [0.2, 0.25) is 0 Å². The van der Waals surface area contributed by atoms with Gasteiger partial charge in [-0.25, -0.2) is 17.5 Å². The van der Waals surface area contributed by atoms with Crippen molar-refractivity contribution in [2.24, 2.45) is 7.05 Å². The van der Waals surface area contributed by atoms with E-state index in [-0.39, 0.29) is 15.5 Å². The Morgan fingerprint density at radius 2 is 1.88 bits per heavy atom. The zero-order valence-electron chi connectivity index (χ0n) is 12.4. The molecule has 1 aromatic carbocycles. The Morgan fingerprint density at radius 1 is 1.17 bits per heavy atom. The van der Waals surface area contributed by atoms with E-state index in [2.05, 4.69) is 9.82 Å². The fourth-order valence-corrected chi connectivity index (χ4v) is 4.20. The molecule has 0 atom stereocenters. The molecule has 0 aliphatic heterocycles. The van der Waals surface area contributed by atoms with Crippen LogP contribution in [0.25, 0.3) is 11.3 Å². The lowest BCUT2D eigenvalue weighted by Crippen LogP contribution is -2.18. The summed E-state index contributed by atoms with van der Waals surface area (Å²) in [5.74, 6) is -0.447. The van der Waals surface area contributed by atoms with Crippen LogP contribution < -0.4 is 10.3 Å². The van der Waals surface area contributed by atoms with Crippen LogP contribution in [-0.4, -0.2) is 18.2 Å². The molecule has 3 aromatic rings. The van der Waals surface area contributed by atoms with Gasteiger partial charge in [0.05, 0.1) is 5.69 Å². The third-order valence-electron chi connectivity index (χ3n) is 3.19. The monoisotopic (exact) mass is 365 g/mol. The predicted molar refractivity (Wildman–Crippen MR) is 90.0 cm³/mol. The molecule has 0 saturated carbocycles. The Morgan fingerprint density at radius 3 is 2.54 bits per heavy atom. The van der Waals surface area contributed by atoms with Gasteiger partial charge in [-0.1, -0.05) is 0 Å². The summed E-state index contributed by atoms with van der Waals surface area (Å²) in [5, 5.41) is 5.73. The number of hydrogen-bond acceptors (Lipinski definition) is 5. The van der Waals surface area contributed by atoms with Gasteiger partial charge in [0.2, 0.25) is 0 Å². The zero-order chi connectivity index (χ0) is 17.3. The maximum atomic E-state index is 12.9. The Kier molecular flexibility index (Phi) is 4.20. The van der Waals surface area contributed by atoms with Gasteiger partial charge in [-0.15, -0.1) is 11.3 Å². The number of rotatable bonds is 4. The topological polar surface area (TPSA) is 81.1 Å². The minimum atomic E-state index is -3.78. The first-order valence-electron chi connectivity index (χ1n) is 6.77. The first-order chi connectivity index (χ1) is 11.3. The van der Waals surface area contributed by atoms with Crippen LogP contribution in [-0.2, 0) is 17.1 Å². The molecule has 0 aliphatic rings. The number of benzene rings is 1. The van der Waals surface area contributed by atoms with Gasteiger partial charge in [-0.05, 0) is 36.4 Å². The second kappa shape index (κ2) is 6.17. The van der Waals surface area contributed by atoms with E-state index in [0.29, 0.717) is 11.3 Å². The van der Waals surface area contributed by atoms with Gasteiger partial charge in [0.25, 0.3) is 15.6 Å². The van der Waals surface area contributed by atoms with Gasteiger partial charge >= 0.3 is 0 Å². The largest absolute Gasteiger partial charge is 0.279 e. The molecule has 9 heteroatoms. The molecular formula is C15H12FN3O3S2. The highest BCUT2D eigenvalue weighted by molar-refractivity contribution is 7.94. The molecule has 0 amide bonds. The maximum absolute atomic E-state index is 12.9. The molecule has 0 saturated heterocycles. The summed E-state index contributed by atoms with van der Waals surface area (Å²) in [6.45, 7) is 0. The highest BCUT2D eigenvalue weighted by atomic mass is 32.2. The van der Waals surface area contributed by atoms with Crippen LogP contribution in [0.3, 0.4) is 0 Å². The summed E-state index contributed by atoms with van der Waals surface area (Å²) in [6, 6.07) is 9.41. The Balaban J connectivity index is 1.89. The Hall–Kier alpha value is -2.52. The molecule has 2 aromatic heterocycles. The van der Waals surface area contributed by atoms with E-state index in [9.17, 15) is 17.6 Å². The van der Waals surface area contributed by atoms with Crippen molar-refractivity contribution in [2.45, 2.75) is 4.21 Å². The minimum absolute atomic E-state index is 0.0949. The molecule has 3 rings (SSSR count). The smallest absolute Gasteiger partial charge is 0.271 e. The van der Waals surface area contributed by atoms with Crippen LogP contribution in [0.15, 0.2) is 56.8 Å². The third kappa shape index (κ3) is 3.36. The van der Waals surface area contributed by atoms with Crippen molar-refractivity contribution in [1.82, 2.24) is 9.78 Å². The van der Waals surface area contributed by atoms with Crippen LogP contribution >= 0.6 is 11.3 Å². The maximum Gasteiger partial charge on any atom is 0.271 e. The van der Waals surface area contributed by atoms with Crippen LogP contribution in [0.1, 0.15) is 0 Å². The highest BCUT2D eigenvalue weighted by Crippen LogP contribution is 2.28. The summed E-state index contributed by atoms with van der Waals surface area (Å²) in [6.07, 6.45) is 0. The fourth-order valence-electron chi connectivity index (χ4n) is 1.97. The van der Waals surface area contributed by atoms with E-state index in [1.54, 1.807) is 5.38 Å². The van der Waals surface area contributed by atoms with Crippen molar-refractivity contribution in [2.75, 3.05) is 4.72 Å². The molecule has 0 fully saturated rings. The second-order valence-electron chi connectivity index (χ2n) is 4.95.